The van der Waals surface area contributed by atoms with Crippen molar-refractivity contribution in [2.24, 2.45) is 10.7 Å². The number of primary amides is 1. The van der Waals surface area contributed by atoms with Crippen molar-refractivity contribution in [1.82, 2.24) is 0 Å². The van der Waals surface area contributed by atoms with Gasteiger partial charge in [-0.2, -0.15) is 0 Å². The first-order chi connectivity index (χ1) is 4.70. The van der Waals surface area contributed by atoms with E-state index in [-0.39, 0.29) is 0 Å². The Morgan fingerprint density at radius 1 is 1.60 bits per heavy atom. The van der Waals surface area contributed by atoms with E-state index in [1.54, 1.807) is 13.0 Å². The van der Waals surface area contributed by atoms with Crippen LogP contribution in [0.1, 0.15) is 6.92 Å². The number of nitrogens with zero attached hydrogens (tertiary/aromatic N) is 1. The number of allylic oxidation sites excluding steroid dienone is 2. The molecule has 0 aliphatic heterocycles. The molecular weight excluding hydrogens is 128 g/mol. The summed E-state index contributed by atoms with van der Waals surface area (Å²) in [6.07, 6.45) is 4.48. The summed E-state index contributed by atoms with van der Waals surface area (Å²) in [5.41, 5.74) is 5.47. The number of rotatable bonds is 3. The molecule has 0 saturated carbocycles. The lowest BCUT2D eigenvalue weighted by atomic mass is 10.3. The molecule has 10 heavy (non-hydrogen) atoms. The van der Waals surface area contributed by atoms with Crippen LogP contribution in [0.4, 0.5) is 0 Å². The molecule has 0 rings (SSSR count). The standard InChI is InChI=1S/C7H10N2O/c1-3-6(9-2)4-5-7(8)10/h3-5H,2H2,1H3,(H2,8,10). The van der Waals surface area contributed by atoms with Crippen LogP contribution in [-0.2, 0) is 4.79 Å². The minimum Gasteiger partial charge on any atom is -0.366 e. The van der Waals surface area contributed by atoms with Gasteiger partial charge in [0, 0.05) is 6.08 Å². The average Bonchev–Trinajstić information content (AvgIpc) is 1.90. The number of nitrogens with two attached hydrogens (primary N) is 1. The molecule has 0 aromatic heterocycles. The van der Waals surface area contributed by atoms with Crippen LogP contribution in [0.25, 0.3) is 0 Å². The summed E-state index contributed by atoms with van der Waals surface area (Å²) in [5, 5.41) is 0. The van der Waals surface area contributed by atoms with Gasteiger partial charge in [-0.1, -0.05) is 6.08 Å². The van der Waals surface area contributed by atoms with Crippen molar-refractivity contribution in [3.05, 3.63) is 23.9 Å². The van der Waals surface area contributed by atoms with Crippen molar-refractivity contribution < 1.29 is 4.79 Å². The van der Waals surface area contributed by atoms with Crippen molar-refractivity contribution in [3.63, 3.8) is 0 Å². The van der Waals surface area contributed by atoms with Gasteiger partial charge in [0.25, 0.3) is 0 Å². The third kappa shape index (κ3) is 3.60. The van der Waals surface area contributed by atoms with Gasteiger partial charge < -0.3 is 5.73 Å². The van der Waals surface area contributed by atoms with Gasteiger partial charge in [-0.15, -0.1) is 0 Å². The number of carbonyl (C=O) groups is 1. The molecule has 2 N–H and O–H groups in total. The second kappa shape index (κ2) is 4.49. The molecule has 0 aliphatic carbocycles. The molecule has 54 valence electrons. The second-order valence-electron chi connectivity index (χ2n) is 1.61. The molecule has 3 heteroatoms. The molecule has 0 fully saturated rings. The van der Waals surface area contributed by atoms with Gasteiger partial charge in [-0.05, 0) is 19.7 Å². The Morgan fingerprint density at radius 3 is 2.50 bits per heavy atom. The second-order valence-corrected chi connectivity index (χ2v) is 1.61. The van der Waals surface area contributed by atoms with E-state index in [1.165, 1.54) is 12.2 Å². The fraction of sp³-hybridized carbons (Fsp3) is 0.143. The van der Waals surface area contributed by atoms with E-state index < -0.39 is 5.91 Å². The molecule has 0 saturated heterocycles. The highest BCUT2D eigenvalue weighted by Gasteiger charge is 1.84. The van der Waals surface area contributed by atoms with Gasteiger partial charge in [0.2, 0.25) is 5.91 Å². The van der Waals surface area contributed by atoms with Crippen molar-refractivity contribution in [2.45, 2.75) is 6.92 Å². The van der Waals surface area contributed by atoms with E-state index in [0.29, 0.717) is 5.70 Å². The van der Waals surface area contributed by atoms with Crippen LogP contribution in [0, 0.1) is 0 Å². The van der Waals surface area contributed by atoms with Gasteiger partial charge in [0.05, 0.1) is 5.70 Å². The first kappa shape index (κ1) is 8.62. The average molecular weight is 138 g/mol. The first-order valence-corrected chi connectivity index (χ1v) is 2.81. The minimum absolute atomic E-state index is 0.483. The normalized spacial score (nSPS) is 11.9. The van der Waals surface area contributed by atoms with E-state index in [1.807, 2.05) is 0 Å². The monoisotopic (exact) mass is 138 g/mol. The summed E-state index contributed by atoms with van der Waals surface area (Å²) in [4.78, 5) is 13.8. The maximum Gasteiger partial charge on any atom is 0.241 e. The SMILES string of the molecule is C=NC(C=CC(N)=O)=CC. The predicted octanol–water partition coefficient (Wildman–Crippen LogP) is 0.632. The fourth-order valence-electron chi connectivity index (χ4n) is 0.408. The summed E-state index contributed by atoms with van der Waals surface area (Å²) < 4.78 is 0. The lowest BCUT2D eigenvalue weighted by molar-refractivity contribution is -0.113. The topological polar surface area (TPSA) is 55.4 Å². The predicted molar refractivity (Wildman–Crippen MR) is 41.6 cm³/mol. The Hall–Kier alpha value is -1.38. The van der Waals surface area contributed by atoms with Crippen LogP contribution >= 0.6 is 0 Å². The molecule has 0 atom stereocenters. The molecule has 0 bridgehead atoms. The zero-order valence-electron chi connectivity index (χ0n) is 5.87. The summed E-state index contributed by atoms with van der Waals surface area (Å²) in [7, 11) is 0. The minimum atomic E-state index is -0.483. The zero-order valence-corrected chi connectivity index (χ0v) is 5.87. The molecule has 0 unspecified atom stereocenters. The van der Waals surface area contributed by atoms with E-state index in [4.69, 9.17) is 5.73 Å². The number of amides is 1. The fourth-order valence-corrected chi connectivity index (χ4v) is 0.408. The lowest BCUT2D eigenvalue weighted by Crippen LogP contribution is -2.05. The van der Waals surface area contributed by atoms with Gasteiger partial charge in [0.15, 0.2) is 0 Å². The Kier molecular flexibility index (Phi) is 3.87. The number of hydrogen-bond donors (Lipinski definition) is 1. The smallest absolute Gasteiger partial charge is 0.241 e. The van der Waals surface area contributed by atoms with Crippen molar-refractivity contribution in [3.8, 4) is 0 Å². The van der Waals surface area contributed by atoms with Crippen LogP contribution in [0.5, 0.6) is 0 Å². The highest BCUT2D eigenvalue weighted by atomic mass is 16.1. The largest absolute Gasteiger partial charge is 0.366 e. The Morgan fingerprint density at radius 2 is 2.20 bits per heavy atom. The van der Waals surface area contributed by atoms with Gasteiger partial charge in [0.1, 0.15) is 0 Å². The molecule has 1 amide bonds. The lowest BCUT2D eigenvalue weighted by Gasteiger charge is -1.86. The van der Waals surface area contributed by atoms with Crippen LogP contribution in [0.3, 0.4) is 0 Å². The van der Waals surface area contributed by atoms with E-state index in [0.717, 1.165) is 0 Å². The molecule has 0 aromatic carbocycles. The molecule has 0 spiro atoms. The van der Waals surface area contributed by atoms with Crippen molar-refractivity contribution in [1.29, 1.82) is 0 Å². The number of carbonyl (C=O) groups excluding carboxylic acids is 1. The summed E-state index contributed by atoms with van der Waals surface area (Å²) in [6.45, 7) is 5.09. The molecule has 0 radical (unpaired) electrons. The van der Waals surface area contributed by atoms with Gasteiger partial charge in [-0.25, -0.2) is 0 Å². The molecule has 3 nitrogen and oxygen atoms in total. The van der Waals surface area contributed by atoms with Crippen LogP contribution in [-0.4, -0.2) is 12.6 Å². The third-order valence-electron chi connectivity index (χ3n) is 0.897. The first-order valence-electron chi connectivity index (χ1n) is 2.81. The molecular formula is C7H10N2O. The van der Waals surface area contributed by atoms with Crippen molar-refractivity contribution in [2.75, 3.05) is 0 Å². The third-order valence-corrected chi connectivity index (χ3v) is 0.897. The highest BCUT2D eigenvalue weighted by molar-refractivity contribution is 5.86. The van der Waals surface area contributed by atoms with E-state index in [2.05, 4.69) is 11.7 Å². The van der Waals surface area contributed by atoms with Crippen LogP contribution < -0.4 is 5.73 Å². The zero-order chi connectivity index (χ0) is 7.98. The Balaban J connectivity index is 4.11. The van der Waals surface area contributed by atoms with Crippen LogP contribution in [0.2, 0.25) is 0 Å². The van der Waals surface area contributed by atoms with E-state index >= 15 is 0 Å². The van der Waals surface area contributed by atoms with E-state index in [9.17, 15) is 4.79 Å². The molecule has 0 heterocycles. The Bertz CT molecular complexity index is 192. The van der Waals surface area contributed by atoms with Crippen molar-refractivity contribution >= 4 is 12.6 Å². The summed E-state index contributed by atoms with van der Waals surface area (Å²) >= 11 is 0. The number of aliphatic imine (C=N–C) groups is 1. The van der Waals surface area contributed by atoms with Gasteiger partial charge in [-0.3, -0.25) is 9.79 Å². The maximum absolute atomic E-state index is 10.2. The van der Waals surface area contributed by atoms with Gasteiger partial charge >= 0.3 is 0 Å². The molecule has 0 aromatic rings. The Labute approximate surface area is 59.9 Å². The molecule has 0 aliphatic rings. The maximum atomic E-state index is 10.2. The number of hydrogen-bond acceptors (Lipinski definition) is 2. The quantitative estimate of drug-likeness (QED) is 0.347. The summed E-state index contributed by atoms with van der Waals surface area (Å²) in [6, 6.07) is 0. The van der Waals surface area contributed by atoms with Crippen LogP contribution in [0.15, 0.2) is 28.9 Å². The summed E-state index contributed by atoms with van der Waals surface area (Å²) in [5.74, 6) is -0.483. The highest BCUT2D eigenvalue weighted by Crippen LogP contribution is 1.95.